The third kappa shape index (κ3) is 5.77. The summed E-state index contributed by atoms with van der Waals surface area (Å²) in [7, 11) is 0. The van der Waals surface area contributed by atoms with Gasteiger partial charge in [0.2, 0.25) is 0 Å². The molecule has 156 valence electrons. The van der Waals surface area contributed by atoms with Crippen LogP contribution in [0.2, 0.25) is 5.02 Å². The summed E-state index contributed by atoms with van der Waals surface area (Å²) >= 11 is 6.09. The van der Waals surface area contributed by atoms with Crippen molar-refractivity contribution in [2.24, 2.45) is 0 Å². The summed E-state index contributed by atoms with van der Waals surface area (Å²) in [5, 5.41) is 16.4. The maximum Gasteiger partial charge on any atom is 0.272 e. The van der Waals surface area contributed by atoms with E-state index in [0.717, 1.165) is 5.56 Å². The van der Waals surface area contributed by atoms with E-state index in [9.17, 15) is 19.7 Å². The molecule has 2 N–H and O–H groups in total. The van der Waals surface area contributed by atoms with Gasteiger partial charge in [-0.25, -0.2) is 0 Å². The first-order valence-corrected chi connectivity index (χ1v) is 9.61. The Morgan fingerprint density at radius 2 is 1.61 bits per heavy atom. The highest BCUT2D eigenvalue weighted by atomic mass is 35.5. The normalized spacial score (nSPS) is 11.0. The number of aryl methyl sites for hydroxylation is 1. The van der Waals surface area contributed by atoms with Gasteiger partial charge in [-0.1, -0.05) is 41.4 Å². The van der Waals surface area contributed by atoms with Gasteiger partial charge < -0.3 is 10.6 Å². The standard InChI is InChI=1S/C23H18ClN3O4/c1-15-6-10-17(11-7-15)25-23(29)21(14-16-8-12-18(13-9-16)27(30)31)26-22(28)19-4-2-3-5-20(19)24/h2-14H,1H3,(H,25,29)(H,26,28)/b21-14-. The Morgan fingerprint density at radius 1 is 0.968 bits per heavy atom. The van der Waals surface area contributed by atoms with Crippen LogP contribution >= 0.6 is 11.6 Å². The van der Waals surface area contributed by atoms with Crippen LogP contribution in [-0.2, 0) is 4.79 Å². The maximum atomic E-state index is 12.9. The predicted molar refractivity (Wildman–Crippen MR) is 120 cm³/mol. The third-order valence-electron chi connectivity index (χ3n) is 4.34. The van der Waals surface area contributed by atoms with Gasteiger partial charge in [0.1, 0.15) is 5.70 Å². The fourth-order valence-corrected chi connectivity index (χ4v) is 2.91. The number of non-ortho nitro benzene ring substituents is 1. The average molecular weight is 436 g/mol. The maximum absolute atomic E-state index is 12.9. The van der Waals surface area contributed by atoms with Crippen LogP contribution in [-0.4, -0.2) is 16.7 Å². The zero-order chi connectivity index (χ0) is 22.4. The number of rotatable bonds is 6. The second kappa shape index (κ2) is 9.69. The number of amides is 2. The molecule has 3 rings (SSSR count). The molecular formula is C23H18ClN3O4. The van der Waals surface area contributed by atoms with Crippen molar-refractivity contribution in [3.63, 3.8) is 0 Å². The van der Waals surface area contributed by atoms with Gasteiger partial charge in [-0.15, -0.1) is 0 Å². The largest absolute Gasteiger partial charge is 0.321 e. The van der Waals surface area contributed by atoms with Crippen molar-refractivity contribution in [1.82, 2.24) is 5.32 Å². The summed E-state index contributed by atoms with van der Waals surface area (Å²) in [4.78, 5) is 35.9. The topological polar surface area (TPSA) is 101 Å². The number of nitro groups is 1. The molecule has 0 fully saturated rings. The molecule has 0 aromatic heterocycles. The lowest BCUT2D eigenvalue weighted by Gasteiger charge is -2.12. The molecule has 8 heteroatoms. The Balaban J connectivity index is 1.91. The Labute approximate surface area is 183 Å². The number of carbonyl (C=O) groups is 2. The Hall–Kier alpha value is -3.97. The second-order valence-electron chi connectivity index (χ2n) is 6.66. The molecule has 3 aromatic carbocycles. The van der Waals surface area contributed by atoms with Crippen molar-refractivity contribution in [1.29, 1.82) is 0 Å². The van der Waals surface area contributed by atoms with Gasteiger partial charge in [-0.05, 0) is 55.0 Å². The number of hydrogen-bond donors (Lipinski definition) is 2. The zero-order valence-corrected chi connectivity index (χ0v) is 17.2. The van der Waals surface area contributed by atoms with E-state index in [4.69, 9.17) is 11.6 Å². The summed E-state index contributed by atoms with van der Waals surface area (Å²) in [6.45, 7) is 1.93. The molecule has 0 unspecified atom stereocenters. The van der Waals surface area contributed by atoms with E-state index in [0.29, 0.717) is 11.3 Å². The molecule has 0 atom stereocenters. The molecule has 0 spiro atoms. The summed E-state index contributed by atoms with van der Waals surface area (Å²) in [5.41, 5.74) is 2.17. The molecule has 0 aliphatic rings. The first-order chi connectivity index (χ1) is 14.8. The first-order valence-electron chi connectivity index (χ1n) is 9.23. The highest BCUT2D eigenvalue weighted by Gasteiger charge is 2.17. The molecule has 0 heterocycles. The van der Waals surface area contributed by atoms with E-state index in [2.05, 4.69) is 10.6 Å². The molecule has 0 saturated heterocycles. The molecule has 0 aliphatic heterocycles. The Bertz CT molecular complexity index is 1160. The van der Waals surface area contributed by atoms with Gasteiger partial charge in [-0.3, -0.25) is 19.7 Å². The SMILES string of the molecule is Cc1ccc(NC(=O)/C(=C/c2ccc([N+](=O)[O-])cc2)NC(=O)c2ccccc2Cl)cc1. The van der Waals surface area contributed by atoms with E-state index in [1.165, 1.54) is 30.3 Å². The summed E-state index contributed by atoms with van der Waals surface area (Å²) in [6.07, 6.45) is 1.43. The molecule has 7 nitrogen and oxygen atoms in total. The van der Waals surface area contributed by atoms with Crippen LogP contribution in [0, 0.1) is 17.0 Å². The van der Waals surface area contributed by atoms with Gasteiger partial charge in [0.25, 0.3) is 17.5 Å². The summed E-state index contributed by atoms with van der Waals surface area (Å²) in [6, 6.07) is 19.2. The minimum absolute atomic E-state index is 0.0423. The number of halogens is 1. The monoisotopic (exact) mass is 435 g/mol. The van der Waals surface area contributed by atoms with Crippen molar-refractivity contribution in [2.45, 2.75) is 6.92 Å². The molecule has 31 heavy (non-hydrogen) atoms. The molecule has 0 radical (unpaired) electrons. The molecule has 0 saturated carbocycles. The quantitative estimate of drug-likeness (QED) is 0.324. The van der Waals surface area contributed by atoms with Crippen LogP contribution in [0.1, 0.15) is 21.5 Å². The van der Waals surface area contributed by atoms with Crippen molar-refractivity contribution >= 4 is 40.9 Å². The average Bonchev–Trinajstić information content (AvgIpc) is 2.75. The van der Waals surface area contributed by atoms with E-state index in [1.807, 2.05) is 19.1 Å². The lowest BCUT2D eigenvalue weighted by molar-refractivity contribution is -0.384. The lowest BCUT2D eigenvalue weighted by Crippen LogP contribution is -2.30. The van der Waals surface area contributed by atoms with Gasteiger partial charge in [0.05, 0.1) is 15.5 Å². The van der Waals surface area contributed by atoms with Gasteiger partial charge >= 0.3 is 0 Å². The highest BCUT2D eigenvalue weighted by molar-refractivity contribution is 6.34. The zero-order valence-electron chi connectivity index (χ0n) is 16.5. The van der Waals surface area contributed by atoms with Crippen LogP contribution in [0.15, 0.2) is 78.5 Å². The van der Waals surface area contributed by atoms with Crippen molar-refractivity contribution in [3.8, 4) is 0 Å². The Kier molecular flexibility index (Phi) is 6.79. The van der Waals surface area contributed by atoms with Crippen LogP contribution < -0.4 is 10.6 Å². The van der Waals surface area contributed by atoms with Gasteiger partial charge in [-0.2, -0.15) is 0 Å². The van der Waals surface area contributed by atoms with Crippen LogP contribution in [0.25, 0.3) is 6.08 Å². The minimum atomic E-state index is -0.558. The third-order valence-corrected chi connectivity index (χ3v) is 4.67. The van der Waals surface area contributed by atoms with E-state index >= 15 is 0 Å². The first kappa shape index (κ1) is 21.7. The van der Waals surface area contributed by atoms with Crippen molar-refractivity contribution in [2.75, 3.05) is 5.32 Å². The Morgan fingerprint density at radius 3 is 2.23 bits per heavy atom. The molecule has 3 aromatic rings. The lowest BCUT2D eigenvalue weighted by atomic mass is 10.1. The molecule has 2 amide bonds. The number of anilines is 1. The second-order valence-corrected chi connectivity index (χ2v) is 7.07. The fraction of sp³-hybridized carbons (Fsp3) is 0.0435. The van der Waals surface area contributed by atoms with Crippen LogP contribution in [0.4, 0.5) is 11.4 Å². The van der Waals surface area contributed by atoms with Gasteiger partial charge in [0.15, 0.2) is 0 Å². The van der Waals surface area contributed by atoms with Crippen LogP contribution in [0.3, 0.4) is 0 Å². The number of hydrogen-bond acceptors (Lipinski definition) is 4. The van der Waals surface area contributed by atoms with Gasteiger partial charge in [0, 0.05) is 17.8 Å². The molecular weight excluding hydrogens is 418 g/mol. The molecule has 0 aliphatic carbocycles. The molecule has 0 bridgehead atoms. The number of nitro benzene ring substituents is 1. The van der Waals surface area contributed by atoms with Crippen molar-refractivity contribution < 1.29 is 14.5 Å². The summed E-state index contributed by atoms with van der Waals surface area (Å²) < 4.78 is 0. The fourth-order valence-electron chi connectivity index (χ4n) is 2.69. The number of nitrogens with one attached hydrogen (secondary N) is 2. The highest BCUT2D eigenvalue weighted by Crippen LogP contribution is 2.18. The van der Waals surface area contributed by atoms with Crippen molar-refractivity contribution in [3.05, 3.63) is 110 Å². The van der Waals surface area contributed by atoms with E-state index in [1.54, 1.807) is 36.4 Å². The minimum Gasteiger partial charge on any atom is -0.321 e. The predicted octanol–water partition coefficient (Wildman–Crippen LogP) is 4.97. The smallest absolute Gasteiger partial charge is 0.272 e. The number of nitrogens with zero attached hydrogens (tertiary/aromatic N) is 1. The van der Waals surface area contributed by atoms with E-state index in [-0.39, 0.29) is 22.0 Å². The number of carbonyl (C=O) groups excluding carboxylic acids is 2. The van der Waals surface area contributed by atoms with Crippen LogP contribution in [0.5, 0.6) is 0 Å². The number of benzene rings is 3. The summed E-state index contributed by atoms with van der Waals surface area (Å²) in [5.74, 6) is -1.11. The van der Waals surface area contributed by atoms with E-state index < -0.39 is 16.7 Å².